The number of hydrogen-bond donors (Lipinski definition) is 1. The number of rotatable bonds is 6. The highest BCUT2D eigenvalue weighted by Gasteiger charge is 2.33. The van der Waals surface area contributed by atoms with Gasteiger partial charge in [-0.25, -0.2) is 4.79 Å². The number of carbonyl (C=O) groups excluding carboxylic acids is 2. The summed E-state index contributed by atoms with van der Waals surface area (Å²) in [5.74, 6) is -1.22. The second-order valence-electron chi connectivity index (χ2n) is 6.09. The van der Waals surface area contributed by atoms with Gasteiger partial charge in [0.05, 0.1) is 11.0 Å². The summed E-state index contributed by atoms with van der Waals surface area (Å²) < 4.78 is 4.86. The Morgan fingerprint density at radius 2 is 1.92 bits per heavy atom. The average molecular weight is 357 g/mol. The molecule has 1 aliphatic rings. The van der Waals surface area contributed by atoms with Crippen LogP contribution in [0.3, 0.4) is 0 Å². The lowest BCUT2D eigenvalue weighted by atomic mass is 9.83. The van der Waals surface area contributed by atoms with Crippen LogP contribution < -0.4 is 5.32 Å². The molecular weight excluding hydrogens is 338 g/mol. The van der Waals surface area contributed by atoms with E-state index in [4.69, 9.17) is 4.74 Å². The predicted octanol–water partition coefficient (Wildman–Crippen LogP) is 2.49. The fraction of sp³-hybridized carbons (Fsp3) is 0.389. The minimum atomic E-state index is -0.865. The van der Waals surface area contributed by atoms with Crippen molar-refractivity contribution in [3.63, 3.8) is 0 Å². The third-order valence-electron chi connectivity index (χ3n) is 4.16. The standard InChI is InChI=1S/C18H19N3O5/c19-13-18(10-2-1-3-11-18)20-16(22)12-26-17(23)9-6-14-4-7-15(8-5-14)21(24)25/h4-9H,1-3,10-12H2,(H,20,22)/b9-6+. The number of nitrogens with zero attached hydrogens (tertiary/aromatic N) is 2. The van der Waals surface area contributed by atoms with Crippen LogP contribution in [0.1, 0.15) is 37.7 Å². The van der Waals surface area contributed by atoms with E-state index in [9.17, 15) is 25.0 Å². The van der Waals surface area contributed by atoms with Gasteiger partial charge >= 0.3 is 5.97 Å². The maximum Gasteiger partial charge on any atom is 0.331 e. The number of benzene rings is 1. The van der Waals surface area contributed by atoms with Gasteiger partial charge < -0.3 is 10.1 Å². The Balaban J connectivity index is 1.81. The topological polar surface area (TPSA) is 122 Å². The number of hydrogen-bond acceptors (Lipinski definition) is 6. The molecule has 1 amide bonds. The number of nitro groups is 1. The fourth-order valence-corrected chi connectivity index (χ4v) is 2.78. The maximum atomic E-state index is 11.9. The highest BCUT2D eigenvalue weighted by Crippen LogP contribution is 2.27. The minimum Gasteiger partial charge on any atom is -0.452 e. The summed E-state index contributed by atoms with van der Waals surface area (Å²) >= 11 is 0. The Hall–Kier alpha value is -3.21. The number of non-ortho nitro benzene ring substituents is 1. The molecular formula is C18H19N3O5. The Morgan fingerprint density at radius 1 is 1.27 bits per heavy atom. The first-order valence-electron chi connectivity index (χ1n) is 8.26. The predicted molar refractivity (Wildman–Crippen MR) is 92.7 cm³/mol. The molecule has 0 saturated heterocycles. The smallest absolute Gasteiger partial charge is 0.331 e. The largest absolute Gasteiger partial charge is 0.452 e. The second-order valence-corrected chi connectivity index (χ2v) is 6.09. The minimum absolute atomic E-state index is 0.0458. The van der Waals surface area contributed by atoms with Crippen molar-refractivity contribution >= 4 is 23.6 Å². The number of esters is 1. The van der Waals surface area contributed by atoms with Crippen molar-refractivity contribution in [3.8, 4) is 6.07 Å². The number of carbonyl (C=O) groups is 2. The van der Waals surface area contributed by atoms with Crippen LogP contribution in [-0.2, 0) is 14.3 Å². The van der Waals surface area contributed by atoms with Crippen molar-refractivity contribution in [1.82, 2.24) is 5.32 Å². The lowest BCUT2D eigenvalue weighted by Crippen LogP contribution is -2.49. The number of amides is 1. The third kappa shape index (κ3) is 5.41. The van der Waals surface area contributed by atoms with E-state index in [1.807, 2.05) is 0 Å². The van der Waals surface area contributed by atoms with Gasteiger partial charge in [0.25, 0.3) is 11.6 Å². The summed E-state index contributed by atoms with van der Waals surface area (Å²) in [5, 5.41) is 22.5. The SMILES string of the molecule is N#CC1(NC(=O)COC(=O)/C=C/c2ccc([N+](=O)[O-])cc2)CCCCC1. The molecule has 0 aliphatic heterocycles. The molecule has 2 rings (SSSR count). The molecule has 1 aromatic carbocycles. The van der Waals surface area contributed by atoms with E-state index in [0.29, 0.717) is 18.4 Å². The molecule has 8 nitrogen and oxygen atoms in total. The van der Waals surface area contributed by atoms with Gasteiger partial charge in [-0.15, -0.1) is 0 Å². The molecule has 0 atom stereocenters. The Morgan fingerprint density at radius 3 is 2.50 bits per heavy atom. The zero-order chi connectivity index (χ0) is 19.0. The molecule has 0 radical (unpaired) electrons. The molecule has 0 unspecified atom stereocenters. The molecule has 0 bridgehead atoms. The second kappa shape index (κ2) is 8.76. The Bertz CT molecular complexity index is 743. The number of nitriles is 1. The average Bonchev–Trinajstić information content (AvgIpc) is 2.65. The van der Waals surface area contributed by atoms with E-state index in [2.05, 4.69) is 11.4 Å². The molecule has 8 heteroatoms. The van der Waals surface area contributed by atoms with Gasteiger partial charge in [-0.2, -0.15) is 5.26 Å². The van der Waals surface area contributed by atoms with Crippen LogP contribution in [0.25, 0.3) is 6.08 Å². The van der Waals surface area contributed by atoms with Crippen LogP contribution in [0, 0.1) is 21.4 Å². The van der Waals surface area contributed by atoms with Crippen LogP contribution in [0.2, 0.25) is 0 Å². The molecule has 1 fully saturated rings. The highest BCUT2D eigenvalue weighted by atomic mass is 16.6. The molecule has 1 aromatic rings. The third-order valence-corrected chi connectivity index (χ3v) is 4.16. The molecule has 26 heavy (non-hydrogen) atoms. The normalized spacial score (nSPS) is 15.8. The van der Waals surface area contributed by atoms with Crippen LogP contribution >= 0.6 is 0 Å². The van der Waals surface area contributed by atoms with Gasteiger partial charge in [0.2, 0.25) is 0 Å². The van der Waals surface area contributed by atoms with E-state index >= 15 is 0 Å². The zero-order valence-corrected chi connectivity index (χ0v) is 14.1. The highest BCUT2D eigenvalue weighted by molar-refractivity contribution is 5.89. The van der Waals surface area contributed by atoms with Gasteiger partial charge in [0, 0.05) is 18.2 Å². The summed E-state index contributed by atoms with van der Waals surface area (Å²) in [4.78, 5) is 33.7. The summed E-state index contributed by atoms with van der Waals surface area (Å²) in [5.41, 5.74) is -0.325. The Kier molecular flexibility index (Phi) is 6.44. The number of nitrogens with one attached hydrogen (secondary N) is 1. The summed E-state index contributed by atoms with van der Waals surface area (Å²) in [6.45, 7) is -0.465. The quantitative estimate of drug-likeness (QED) is 0.361. The first kappa shape index (κ1) is 19.1. The summed E-state index contributed by atoms with van der Waals surface area (Å²) in [6.07, 6.45) is 6.57. The van der Waals surface area contributed by atoms with Crippen LogP contribution in [0.15, 0.2) is 30.3 Å². The fourth-order valence-electron chi connectivity index (χ4n) is 2.78. The van der Waals surface area contributed by atoms with E-state index in [-0.39, 0.29) is 5.69 Å². The molecule has 1 saturated carbocycles. The molecule has 1 aliphatic carbocycles. The van der Waals surface area contributed by atoms with Crippen molar-refractivity contribution in [2.24, 2.45) is 0 Å². The zero-order valence-electron chi connectivity index (χ0n) is 14.1. The lowest BCUT2D eigenvalue weighted by molar-refractivity contribution is -0.384. The van der Waals surface area contributed by atoms with Crippen molar-refractivity contribution in [2.45, 2.75) is 37.6 Å². The van der Waals surface area contributed by atoms with Gasteiger partial charge in [-0.05, 0) is 36.6 Å². The van der Waals surface area contributed by atoms with Crippen LogP contribution in [0.5, 0.6) is 0 Å². The first-order valence-corrected chi connectivity index (χ1v) is 8.26. The van der Waals surface area contributed by atoms with Gasteiger partial charge in [-0.1, -0.05) is 19.3 Å². The Labute approximate surface area is 150 Å². The summed E-state index contributed by atoms with van der Waals surface area (Å²) in [7, 11) is 0. The van der Waals surface area contributed by atoms with Crippen molar-refractivity contribution in [2.75, 3.05) is 6.61 Å². The maximum absolute atomic E-state index is 11.9. The molecule has 0 heterocycles. The molecule has 136 valence electrons. The lowest BCUT2D eigenvalue weighted by Gasteiger charge is -2.31. The van der Waals surface area contributed by atoms with E-state index in [0.717, 1.165) is 25.3 Å². The molecule has 0 spiro atoms. The monoisotopic (exact) mass is 357 g/mol. The van der Waals surface area contributed by atoms with Gasteiger partial charge in [-0.3, -0.25) is 14.9 Å². The number of ether oxygens (including phenoxy) is 1. The van der Waals surface area contributed by atoms with Gasteiger partial charge in [0.15, 0.2) is 6.61 Å². The first-order chi connectivity index (χ1) is 12.4. The molecule has 0 aromatic heterocycles. The van der Waals surface area contributed by atoms with E-state index in [1.54, 1.807) is 0 Å². The number of nitro benzene ring substituents is 1. The van der Waals surface area contributed by atoms with E-state index < -0.39 is 28.9 Å². The van der Waals surface area contributed by atoms with Crippen molar-refractivity contribution in [1.29, 1.82) is 5.26 Å². The summed E-state index contributed by atoms with van der Waals surface area (Å²) in [6, 6.07) is 7.80. The van der Waals surface area contributed by atoms with E-state index in [1.165, 1.54) is 30.3 Å². The van der Waals surface area contributed by atoms with Gasteiger partial charge in [0.1, 0.15) is 5.54 Å². The van der Waals surface area contributed by atoms with Crippen molar-refractivity contribution in [3.05, 3.63) is 46.0 Å². The molecule has 1 N–H and O–H groups in total. The van der Waals surface area contributed by atoms with Crippen LogP contribution in [0.4, 0.5) is 5.69 Å². The van der Waals surface area contributed by atoms with Crippen LogP contribution in [-0.4, -0.2) is 28.9 Å². The van der Waals surface area contributed by atoms with Crippen molar-refractivity contribution < 1.29 is 19.2 Å².